The van der Waals surface area contributed by atoms with Gasteiger partial charge in [-0.2, -0.15) is 5.10 Å². The first-order valence-corrected chi connectivity index (χ1v) is 9.98. The number of esters is 1. The molecule has 0 fully saturated rings. The Hall–Kier alpha value is -3.99. The zero-order valence-electron chi connectivity index (χ0n) is 17.1. The van der Waals surface area contributed by atoms with Gasteiger partial charge < -0.3 is 4.74 Å². The second-order valence-corrected chi connectivity index (χ2v) is 6.95. The molecule has 0 atom stereocenters. The van der Waals surface area contributed by atoms with Gasteiger partial charge in [0.05, 0.1) is 17.1 Å². The van der Waals surface area contributed by atoms with Crippen LogP contribution in [0.1, 0.15) is 30.0 Å². The lowest BCUT2D eigenvalue weighted by molar-refractivity contribution is -0.128. The number of nitrogens with zero attached hydrogens (tertiary/aromatic N) is 1. The summed E-state index contributed by atoms with van der Waals surface area (Å²) in [5, 5.41) is 7.17. The van der Waals surface area contributed by atoms with Gasteiger partial charge >= 0.3 is 5.97 Å². The maximum atomic E-state index is 15.7. The molecule has 0 aliphatic rings. The molecule has 0 saturated heterocycles. The third-order valence-electron chi connectivity index (χ3n) is 5.14. The molecule has 0 spiro atoms. The van der Waals surface area contributed by atoms with E-state index in [4.69, 9.17) is 4.74 Å². The zero-order chi connectivity index (χ0) is 21.8. The molecule has 1 aromatic heterocycles. The molecule has 4 aromatic rings. The van der Waals surface area contributed by atoms with Gasteiger partial charge in [0.15, 0.2) is 0 Å². The molecule has 1 heterocycles. The lowest BCUT2D eigenvalue weighted by Crippen LogP contribution is -2.07. The van der Waals surface area contributed by atoms with Gasteiger partial charge in [0, 0.05) is 17.2 Å². The van der Waals surface area contributed by atoms with Gasteiger partial charge in [-0.25, -0.2) is 9.18 Å². The molecular weight excluding hydrogens is 391 g/mol. The van der Waals surface area contributed by atoms with Crippen LogP contribution in [0.25, 0.3) is 22.0 Å². The number of hydrogen-bond donors (Lipinski definition) is 1. The molecule has 4 rings (SSSR count). The van der Waals surface area contributed by atoms with Crippen molar-refractivity contribution in [1.82, 2.24) is 10.2 Å². The fourth-order valence-electron chi connectivity index (χ4n) is 3.72. The standard InChI is InChI=1S/C26H21FN2O2/c1-3-18(17-10-6-5-7-11-17)25(19-12-8-9-13-23(19)31-24(30)4-2)20-14-15-22-21(26(20)27)16-28-29-22/h4-16H,2-3H2,1H3,(H,28,29)/b25-18+. The summed E-state index contributed by atoms with van der Waals surface area (Å²) in [4.78, 5) is 12.0. The number of carbonyl (C=O) groups excluding carboxylic acids is 1. The van der Waals surface area contributed by atoms with Crippen molar-refractivity contribution in [3.8, 4) is 5.75 Å². The summed E-state index contributed by atoms with van der Waals surface area (Å²) >= 11 is 0. The Morgan fingerprint density at radius 1 is 1.06 bits per heavy atom. The molecule has 0 bridgehead atoms. The molecule has 5 heteroatoms. The number of allylic oxidation sites excluding steroid dienone is 1. The van der Waals surface area contributed by atoms with Crippen molar-refractivity contribution in [1.29, 1.82) is 0 Å². The molecule has 3 aromatic carbocycles. The van der Waals surface area contributed by atoms with Crippen LogP contribution < -0.4 is 4.74 Å². The first-order valence-electron chi connectivity index (χ1n) is 9.98. The second-order valence-electron chi connectivity index (χ2n) is 6.95. The van der Waals surface area contributed by atoms with Crippen LogP contribution in [-0.4, -0.2) is 16.2 Å². The van der Waals surface area contributed by atoms with E-state index < -0.39 is 5.97 Å². The van der Waals surface area contributed by atoms with Crippen LogP contribution in [0.2, 0.25) is 0 Å². The fraction of sp³-hybridized carbons (Fsp3) is 0.0769. The molecule has 0 unspecified atom stereocenters. The number of aromatic amines is 1. The predicted octanol–water partition coefficient (Wildman–Crippen LogP) is 6.16. The molecule has 31 heavy (non-hydrogen) atoms. The van der Waals surface area contributed by atoms with Gasteiger partial charge in [0.1, 0.15) is 11.6 Å². The summed E-state index contributed by atoms with van der Waals surface area (Å²) < 4.78 is 21.2. The zero-order valence-corrected chi connectivity index (χ0v) is 17.1. The lowest BCUT2D eigenvalue weighted by atomic mass is 9.87. The lowest BCUT2D eigenvalue weighted by Gasteiger charge is -2.19. The van der Waals surface area contributed by atoms with Crippen LogP contribution in [-0.2, 0) is 4.79 Å². The number of fused-ring (bicyclic) bond motifs is 1. The molecule has 1 N–H and O–H groups in total. The molecule has 154 valence electrons. The van der Waals surface area contributed by atoms with Crippen molar-refractivity contribution >= 4 is 28.0 Å². The van der Waals surface area contributed by atoms with Gasteiger partial charge in [-0.1, -0.05) is 62.0 Å². The molecule has 0 saturated carbocycles. The van der Waals surface area contributed by atoms with E-state index in [1.807, 2.05) is 49.4 Å². The van der Waals surface area contributed by atoms with E-state index in [1.165, 1.54) is 6.20 Å². The molecule has 0 aliphatic heterocycles. The summed E-state index contributed by atoms with van der Waals surface area (Å²) in [5.41, 5.74) is 4.23. The number of carbonyl (C=O) groups is 1. The number of aromatic nitrogens is 2. The Morgan fingerprint density at radius 3 is 2.55 bits per heavy atom. The number of benzene rings is 3. The first-order chi connectivity index (χ1) is 15.1. The fourth-order valence-corrected chi connectivity index (χ4v) is 3.72. The largest absolute Gasteiger partial charge is 0.423 e. The van der Waals surface area contributed by atoms with E-state index in [2.05, 4.69) is 16.8 Å². The van der Waals surface area contributed by atoms with E-state index in [-0.39, 0.29) is 5.82 Å². The minimum Gasteiger partial charge on any atom is -0.423 e. The van der Waals surface area contributed by atoms with Crippen molar-refractivity contribution in [3.63, 3.8) is 0 Å². The Labute approximate surface area is 179 Å². The van der Waals surface area contributed by atoms with Gasteiger partial charge in [-0.3, -0.25) is 5.10 Å². The Balaban J connectivity index is 2.06. The highest BCUT2D eigenvalue weighted by Crippen LogP contribution is 2.40. The van der Waals surface area contributed by atoms with Crippen LogP contribution in [0.5, 0.6) is 5.75 Å². The van der Waals surface area contributed by atoms with Crippen LogP contribution in [0.15, 0.2) is 85.6 Å². The summed E-state index contributed by atoms with van der Waals surface area (Å²) in [6.45, 7) is 5.50. The minimum absolute atomic E-state index is 0.343. The highest BCUT2D eigenvalue weighted by molar-refractivity contribution is 6.02. The van der Waals surface area contributed by atoms with Crippen LogP contribution >= 0.6 is 0 Å². The van der Waals surface area contributed by atoms with E-state index in [0.717, 1.165) is 17.2 Å². The summed E-state index contributed by atoms with van der Waals surface area (Å²) in [6.07, 6.45) is 3.23. The number of para-hydroxylation sites is 1. The Bertz CT molecular complexity index is 1290. The second kappa shape index (κ2) is 8.79. The quantitative estimate of drug-likeness (QED) is 0.179. The van der Waals surface area contributed by atoms with E-state index >= 15 is 4.39 Å². The third kappa shape index (κ3) is 3.90. The molecule has 0 amide bonds. The van der Waals surface area contributed by atoms with E-state index in [1.54, 1.807) is 24.3 Å². The number of halogens is 1. The Kier molecular flexibility index (Phi) is 5.76. The molecular formula is C26H21FN2O2. The Morgan fingerprint density at radius 2 is 1.81 bits per heavy atom. The average Bonchev–Trinajstić information content (AvgIpc) is 3.29. The highest BCUT2D eigenvalue weighted by Gasteiger charge is 2.22. The summed E-state index contributed by atoms with van der Waals surface area (Å²) in [6, 6.07) is 20.5. The van der Waals surface area contributed by atoms with Crippen LogP contribution in [0.3, 0.4) is 0 Å². The number of ether oxygens (including phenoxy) is 1. The molecule has 0 aliphatic carbocycles. The van der Waals surface area contributed by atoms with Crippen molar-refractivity contribution in [3.05, 3.63) is 108 Å². The number of H-pyrrole nitrogens is 1. The van der Waals surface area contributed by atoms with Gasteiger partial charge in [-0.05, 0) is 41.3 Å². The normalized spacial score (nSPS) is 11.8. The van der Waals surface area contributed by atoms with Crippen molar-refractivity contribution in [2.24, 2.45) is 0 Å². The van der Waals surface area contributed by atoms with E-state index in [9.17, 15) is 4.79 Å². The SMILES string of the molecule is C=CC(=O)Oc1ccccc1/C(=C(/CC)c1ccccc1)c1ccc2[nH]ncc2c1F. The summed E-state index contributed by atoms with van der Waals surface area (Å²) in [5.74, 6) is -0.612. The topological polar surface area (TPSA) is 55.0 Å². The first kappa shape index (κ1) is 20.3. The predicted molar refractivity (Wildman–Crippen MR) is 121 cm³/mol. The van der Waals surface area contributed by atoms with Gasteiger partial charge in [-0.15, -0.1) is 0 Å². The van der Waals surface area contributed by atoms with Crippen molar-refractivity contribution in [2.75, 3.05) is 0 Å². The molecule has 0 radical (unpaired) electrons. The summed E-state index contributed by atoms with van der Waals surface area (Å²) in [7, 11) is 0. The average molecular weight is 412 g/mol. The van der Waals surface area contributed by atoms with Crippen molar-refractivity contribution in [2.45, 2.75) is 13.3 Å². The van der Waals surface area contributed by atoms with Gasteiger partial charge in [0.25, 0.3) is 0 Å². The maximum absolute atomic E-state index is 15.7. The highest BCUT2D eigenvalue weighted by atomic mass is 19.1. The third-order valence-corrected chi connectivity index (χ3v) is 5.14. The van der Waals surface area contributed by atoms with Crippen LogP contribution in [0, 0.1) is 5.82 Å². The smallest absolute Gasteiger partial charge is 0.335 e. The molecule has 4 nitrogen and oxygen atoms in total. The van der Waals surface area contributed by atoms with Crippen molar-refractivity contribution < 1.29 is 13.9 Å². The van der Waals surface area contributed by atoms with E-state index in [0.29, 0.717) is 39.8 Å². The van der Waals surface area contributed by atoms with Crippen LogP contribution in [0.4, 0.5) is 4.39 Å². The minimum atomic E-state index is -0.574. The number of nitrogens with one attached hydrogen (secondary N) is 1. The number of rotatable bonds is 6. The van der Waals surface area contributed by atoms with Gasteiger partial charge in [0.2, 0.25) is 0 Å². The maximum Gasteiger partial charge on any atom is 0.335 e. The number of hydrogen-bond acceptors (Lipinski definition) is 3. The monoisotopic (exact) mass is 412 g/mol.